The van der Waals surface area contributed by atoms with Crippen LogP contribution in [0, 0.1) is 0 Å². The molecule has 0 spiro atoms. The third kappa shape index (κ3) is 4.03. The Morgan fingerprint density at radius 1 is 1.19 bits per heavy atom. The minimum Gasteiger partial charge on any atom is -0.493 e. The number of benzene rings is 1. The zero-order valence-electron chi connectivity index (χ0n) is 21.7. The molecule has 188 valence electrons. The van der Waals surface area contributed by atoms with E-state index < -0.39 is 0 Å². The lowest BCUT2D eigenvalue weighted by atomic mass is 9.93. The molecular weight excluding hydrogens is 454 g/mol. The Balaban J connectivity index is 1.45. The fourth-order valence-electron chi connectivity index (χ4n) is 4.93. The van der Waals surface area contributed by atoms with E-state index in [4.69, 9.17) is 9.84 Å². The molecule has 4 aromatic rings. The molecule has 0 aliphatic carbocycles. The molecule has 5 rings (SSSR count). The van der Waals surface area contributed by atoms with Crippen molar-refractivity contribution >= 4 is 11.6 Å². The van der Waals surface area contributed by atoms with E-state index in [-0.39, 0.29) is 23.9 Å². The molecule has 0 radical (unpaired) electrons. The van der Waals surface area contributed by atoms with Crippen LogP contribution < -0.4 is 4.74 Å². The number of pyridine rings is 1. The first-order valence-corrected chi connectivity index (χ1v) is 12.3. The van der Waals surface area contributed by atoms with Crippen molar-refractivity contribution in [3.8, 4) is 28.3 Å². The average molecular weight is 488 g/mol. The molecule has 9 nitrogen and oxygen atoms in total. The first-order chi connectivity index (χ1) is 17.3. The lowest BCUT2D eigenvalue weighted by molar-refractivity contribution is -0.141. The molecule has 9 heteroatoms. The largest absolute Gasteiger partial charge is 0.493 e. The Kier molecular flexibility index (Phi) is 6.26. The summed E-state index contributed by atoms with van der Waals surface area (Å²) < 4.78 is 7.26. The van der Waals surface area contributed by atoms with Crippen LogP contribution in [0.5, 0.6) is 5.75 Å². The molecule has 36 heavy (non-hydrogen) atoms. The molecule has 1 aliphatic rings. The Labute approximate surface area is 211 Å². The Bertz CT molecular complexity index is 1390. The van der Waals surface area contributed by atoms with Gasteiger partial charge in [0.25, 0.3) is 0 Å². The summed E-state index contributed by atoms with van der Waals surface area (Å²) in [5.74, 6) is 1.06. The number of rotatable bonds is 7. The number of ether oxygens (including phenoxy) is 1. The van der Waals surface area contributed by atoms with E-state index in [1.165, 1.54) is 6.33 Å². The fourth-order valence-corrected chi connectivity index (χ4v) is 4.93. The van der Waals surface area contributed by atoms with Crippen LogP contribution in [0.2, 0.25) is 0 Å². The number of nitrogens with zero attached hydrogens (tertiary/aromatic N) is 6. The number of methoxy groups -OCH3 is 1. The van der Waals surface area contributed by atoms with Gasteiger partial charge in [-0.15, -0.1) is 0 Å². The number of hydrogen-bond acceptors (Lipinski definition) is 6. The first-order valence-electron chi connectivity index (χ1n) is 12.3. The van der Waals surface area contributed by atoms with E-state index in [1.807, 2.05) is 31.3 Å². The summed E-state index contributed by atoms with van der Waals surface area (Å²) in [4.78, 5) is 21.1. The third-order valence-electron chi connectivity index (χ3n) is 7.40. The predicted molar refractivity (Wildman–Crippen MR) is 139 cm³/mol. The molecule has 3 aromatic heterocycles. The number of carbonyl (C=O) groups is 1. The zero-order valence-corrected chi connectivity index (χ0v) is 21.7. The summed E-state index contributed by atoms with van der Waals surface area (Å²) in [6.07, 6.45) is 4.37. The number of aromatic amines is 1. The van der Waals surface area contributed by atoms with Crippen LogP contribution in [0.3, 0.4) is 0 Å². The summed E-state index contributed by atoms with van der Waals surface area (Å²) in [5, 5.41) is 12.3. The molecular formula is C27H33N7O2. The van der Waals surface area contributed by atoms with Crippen LogP contribution in [0.4, 0.5) is 0 Å². The number of likely N-dealkylation sites (tertiary alicyclic amines) is 1. The number of carbonyl (C=O) groups excluding carboxylic acids is 1. The van der Waals surface area contributed by atoms with E-state index in [2.05, 4.69) is 65.1 Å². The fraction of sp³-hybridized carbons (Fsp3) is 0.407. The van der Waals surface area contributed by atoms with E-state index >= 15 is 0 Å². The molecule has 1 N–H and O–H groups in total. The second-order valence-electron chi connectivity index (χ2n) is 9.87. The van der Waals surface area contributed by atoms with Crippen molar-refractivity contribution in [3.05, 3.63) is 54.0 Å². The minimum atomic E-state index is -0.00989. The van der Waals surface area contributed by atoms with Gasteiger partial charge in [0.15, 0.2) is 11.4 Å². The Hall–Kier alpha value is -3.72. The molecule has 1 amide bonds. The Morgan fingerprint density at radius 2 is 1.94 bits per heavy atom. The molecule has 0 saturated carbocycles. The number of hydrogen-bond donors (Lipinski definition) is 1. The van der Waals surface area contributed by atoms with Gasteiger partial charge in [-0.3, -0.25) is 14.8 Å². The van der Waals surface area contributed by atoms with Crippen molar-refractivity contribution < 1.29 is 9.53 Å². The van der Waals surface area contributed by atoms with Gasteiger partial charge in [-0.1, -0.05) is 38.1 Å². The highest BCUT2D eigenvalue weighted by molar-refractivity contribution is 5.83. The molecule has 4 heterocycles. The smallest absolute Gasteiger partial charge is 0.240 e. The average Bonchev–Trinajstić information content (AvgIpc) is 3.53. The highest BCUT2D eigenvalue weighted by Gasteiger charge is 2.34. The molecule has 1 aromatic carbocycles. The maximum Gasteiger partial charge on any atom is 0.240 e. The van der Waals surface area contributed by atoms with Crippen molar-refractivity contribution in [2.45, 2.75) is 45.2 Å². The highest BCUT2D eigenvalue weighted by atomic mass is 16.5. The van der Waals surface area contributed by atoms with Gasteiger partial charge in [-0.05, 0) is 43.5 Å². The van der Waals surface area contributed by atoms with Crippen LogP contribution in [0.15, 0.2) is 42.9 Å². The zero-order chi connectivity index (χ0) is 25.6. The molecule has 1 aliphatic heterocycles. The van der Waals surface area contributed by atoms with Gasteiger partial charge >= 0.3 is 0 Å². The maximum atomic E-state index is 12.9. The van der Waals surface area contributed by atoms with Gasteiger partial charge < -0.3 is 9.64 Å². The van der Waals surface area contributed by atoms with Crippen LogP contribution in [0.1, 0.15) is 50.3 Å². The van der Waals surface area contributed by atoms with Gasteiger partial charge in [0.1, 0.15) is 6.33 Å². The van der Waals surface area contributed by atoms with E-state index in [9.17, 15) is 4.79 Å². The SMILES string of the molecule is COc1cc(-c2n[nH]c(-c3ccc([C@H](C)N(C)C(=O)C4CCN4C)cc3)c2C(C)C)cn2ncnc12. The summed E-state index contributed by atoms with van der Waals surface area (Å²) >= 11 is 0. The van der Waals surface area contributed by atoms with Gasteiger partial charge in [0, 0.05) is 30.9 Å². The number of H-pyrrole nitrogens is 1. The van der Waals surface area contributed by atoms with Gasteiger partial charge in [-0.2, -0.15) is 10.2 Å². The highest BCUT2D eigenvalue weighted by Crippen LogP contribution is 2.37. The summed E-state index contributed by atoms with van der Waals surface area (Å²) in [5.41, 5.74) is 6.69. The predicted octanol–water partition coefficient (Wildman–Crippen LogP) is 4.14. The lowest BCUT2D eigenvalue weighted by Gasteiger charge is -2.40. The monoisotopic (exact) mass is 487 g/mol. The van der Waals surface area contributed by atoms with Crippen molar-refractivity contribution in [1.82, 2.24) is 34.6 Å². The maximum absolute atomic E-state index is 12.9. The van der Waals surface area contributed by atoms with E-state index in [1.54, 1.807) is 11.6 Å². The van der Waals surface area contributed by atoms with Crippen molar-refractivity contribution in [3.63, 3.8) is 0 Å². The molecule has 1 saturated heterocycles. The quantitative estimate of drug-likeness (QED) is 0.421. The minimum absolute atomic E-state index is 0.00380. The number of fused-ring (bicyclic) bond motifs is 1. The lowest BCUT2D eigenvalue weighted by Crippen LogP contribution is -2.54. The summed E-state index contributed by atoms with van der Waals surface area (Å²) in [6, 6.07) is 10.3. The van der Waals surface area contributed by atoms with Gasteiger partial charge in [0.2, 0.25) is 5.91 Å². The molecule has 2 atom stereocenters. The second-order valence-corrected chi connectivity index (χ2v) is 9.87. The Morgan fingerprint density at radius 3 is 2.56 bits per heavy atom. The van der Waals surface area contributed by atoms with Crippen LogP contribution in [-0.2, 0) is 4.79 Å². The third-order valence-corrected chi connectivity index (χ3v) is 7.40. The number of amides is 1. The molecule has 0 bridgehead atoms. The van der Waals surface area contributed by atoms with Crippen LogP contribution >= 0.6 is 0 Å². The van der Waals surface area contributed by atoms with Crippen molar-refractivity contribution in [2.24, 2.45) is 0 Å². The molecule has 1 unspecified atom stereocenters. The van der Waals surface area contributed by atoms with Gasteiger partial charge in [0.05, 0.1) is 30.6 Å². The number of aromatic nitrogens is 5. The number of nitrogens with one attached hydrogen (secondary N) is 1. The van der Waals surface area contributed by atoms with Gasteiger partial charge in [-0.25, -0.2) is 9.50 Å². The normalized spacial score (nSPS) is 16.8. The second kappa shape index (κ2) is 9.39. The number of likely N-dealkylation sites (N-methyl/N-ethyl adjacent to an activating group) is 2. The standard InChI is InChI=1S/C27H33N7O2/c1-16(2)23-24(30-31-25(23)20-13-22(36-6)26-28-15-29-34(26)14-20)19-9-7-18(8-10-19)17(3)33(5)27(35)21-11-12-32(21)4/h7-10,13-17,21H,11-12H2,1-6H3,(H,30,31)/t17-,21?/m0/s1. The van der Waals surface area contributed by atoms with Crippen molar-refractivity contribution in [1.29, 1.82) is 0 Å². The van der Waals surface area contributed by atoms with Crippen LogP contribution in [0.25, 0.3) is 28.2 Å². The van der Waals surface area contributed by atoms with Crippen LogP contribution in [-0.4, -0.2) is 74.3 Å². The van der Waals surface area contributed by atoms with E-state index in [0.29, 0.717) is 11.4 Å². The summed E-state index contributed by atoms with van der Waals surface area (Å²) in [7, 11) is 5.53. The van der Waals surface area contributed by atoms with Crippen molar-refractivity contribution in [2.75, 3.05) is 27.7 Å². The molecule has 1 fully saturated rings. The van der Waals surface area contributed by atoms with E-state index in [0.717, 1.165) is 46.6 Å². The first kappa shape index (κ1) is 24.0. The summed E-state index contributed by atoms with van der Waals surface area (Å²) in [6.45, 7) is 7.39. The topological polar surface area (TPSA) is 91.7 Å².